The monoisotopic (exact) mass is 527 g/mol. The van der Waals surface area contributed by atoms with Crippen LogP contribution in [0.1, 0.15) is 28.8 Å². The van der Waals surface area contributed by atoms with Gasteiger partial charge in [0.1, 0.15) is 12.2 Å². The molecule has 0 spiro atoms. The molecule has 0 fully saturated rings. The molecule has 33 heavy (non-hydrogen) atoms. The summed E-state index contributed by atoms with van der Waals surface area (Å²) in [4.78, 5) is 12.4. The van der Waals surface area contributed by atoms with Gasteiger partial charge in [0, 0.05) is 13.0 Å². The second-order valence-corrected chi connectivity index (χ2v) is 10.3. The lowest BCUT2D eigenvalue weighted by Gasteiger charge is -2.22. The summed E-state index contributed by atoms with van der Waals surface area (Å²) in [6, 6.07) is 10.6. The Bertz CT molecular complexity index is 1090. The van der Waals surface area contributed by atoms with Crippen LogP contribution in [0.3, 0.4) is 0 Å². The van der Waals surface area contributed by atoms with Crippen LogP contribution in [0.4, 0.5) is 18.9 Å². The number of sulfone groups is 1. The molecule has 0 aliphatic heterocycles. The lowest BCUT2D eigenvalue weighted by atomic mass is 10.1. The van der Waals surface area contributed by atoms with E-state index in [1.54, 1.807) is 30.3 Å². The van der Waals surface area contributed by atoms with Crippen molar-refractivity contribution in [2.45, 2.75) is 25.0 Å². The minimum atomic E-state index is -4.30. The Labute approximate surface area is 196 Å². The smallest absolute Gasteiger partial charge is 0.343 e. The van der Waals surface area contributed by atoms with Gasteiger partial charge in [-0.15, -0.1) is 0 Å². The standard InChI is InChI=1S/C20H21ClF3NO6S2/c21-15-7-8-16(19(24)18(15)20(26)31-13-14-5-2-1-3-6-14)25(32(27)28)11-9-17(23)33(29,30)12-4-10-22/h1-3,5-8,17H,4,9-13H2,(H,27,28). The van der Waals surface area contributed by atoms with Crippen LogP contribution in [-0.2, 0) is 32.4 Å². The number of hydrogen-bond acceptors (Lipinski definition) is 5. The molecule has 0 saturated heterocycles. The van der Waals surface area contributed by atoms with E-state index in [-0.39, 0.29) is 11.6 Å². The van der Waals surface area contributed by atoms with Gasteiger partial charge in [-0.1, -0.05) is 41.9 Å². The Balaban J connectivity index is 2.22. The molecule has 2 aromatic carbocycles. The molecule has 1 N–H and O–H groups in total. The van der Waals surface area contributed by atoms with Crippen LogP contribution in [0.5, 0.6) is 0 Å². The molecule has 0 aliphatic carbocycles. The third-order valence-corrected chi connectivity index (χ3v) is 7.40. The average Bonchev–Trinajstić information content (AvgIpc) is 2.78. The Morgan fingerprint density at radius 1 is 1.21 bits per heavy atom. The summed E-state index contributed by atoms with van der Waals surface area (Å²) in [5, 5.41) is -0.324. The number of carbonyl (C=O) groups is 1. The quantitative estimate of drug-likeness (QED) is 0.327. The van der Waals surface area contributed by atoms with Crippen LogP contribution < -0.4 is 4.31 Å². The highest BCUT2D eigenvalue weighted by molar-refractivity contribution is 7.91. The van der Waals surface area contributed by atoms with E-state index in [1.807, 2.05) is 0 Å². The van der Waals surface area contributed by atoms with Gasteiger partial charge >= 0.3 is 5.97 Å². The van der Waals surface area contributed by atoms with Crippen molar-refractivity contribution in [2.75, 3.05) is 23.3 Å². The molecule has 7 nitrogen and oxygen atoms in total. The number of alkyl halides is 2. The second kappa shape index (κ2) is 12.4. The summed E-state index contributed by atoms with van der Waals surface area (Å²) < 4.78 is 91.9. The molecular weight excluding hydrogens is 507 g/mol. The normalized spacial score (nSPS) is 13.4. The topological polar surface area (TPSA) is 101 Å². The van der Waals surface area contributed by atoms with Gasteiger partial charge in [0.2, 0.25) is 5.50 Å². The molecule has 0 saturated carbocycles. The van der Waals surface area contributed by atoms with Crippen LogP contribution in [0.2, 0.25) is 5.02 Å². The fourth-order valence-electron chi connectivity index (χ4n) is 2.78. The molecule has 2 rings (SSSR count). The largest absolute Gasteiger partial charge is 0.457 e. The van der Waals surface area contributed by atoms with E-state index in [2.05, 4.69) is 0 Å². The van der Waals surface area contributed by atoms with Gasteiger partial charge in [0.15, 0.2) is 15.7 Å². The number of hydrogen-bond donors (Lipinski definition) is 1. The average molecular weight is 528 g/mol. The molecule has 0 heterocycles. The van der Waals surface area contributed by atoms with E-state index < -0.39 is 81.5 Å². The summed E-state index contributed by atoms with van der Waals surface area (Å²) >= 11 is 3.03. The summed E-state index contributed by atoms with van der Waals surface area (Å²) in [7, 11) is -4.30. The fourth-order valence-corrected chi connectivity index (χ4v) is 4.81. The summed E-state index contributed by atoms with van der Waals surface area (Å²) in [5.74, 6) is -3.16. The van der Waals surface area contributed by atoms with Crippen LogP contribution in [0, 0.1) is 5.82 Å². The third-order valence-electron chi connectivity index (χ3n) is 4.46. The van der Waals surface area contributed by atoms with E-state index in [0.29, 0.717) is 9.87 Å². The molecular formula is C20H21ClF3NO6S2. The maximum Gasteiger partial charge on any atom is 0.343 e. The lowest BCUT2D eigenvalue weighted by Crippen LogP contribution is -2.32. The Hall–Kier alpha value is -2.15. The first-order valence-corrected chi connectivity index (χ1v) is 12.7. The SMILES string of the molecule is O=C(OCc1ccccc1)c1c(Cl)ccc(N(CCC(F)S(=O)(=O)CCCF)S(=O)O)c1F. The highest BCUT2D eigenvalue weighted by atomic mass is 35.5. The molecule has 0 aliphatic rings. The first kappa shape index (κ1) is 27.1. The highest BCUT2D eigenvalue weighted by Crippen LogP contribution is 2.30. The van der Waals surface area contributed by atoms with Crippen molar-refractivity contribution in [3.05, 3.63) is 64.4 Å². The summed E-state index contributed by atoms with van der Waals surface area (Å²) in [5.41, 5.74) is -3.12. The minimum absolute atomic E-state index is 0.185. The van der Waals surface area contributed by atoms with Gasteiger partial charge in [-0.05, 0) is 24.1 Å². The van der Waals surface area contributed by atoms with Crippen molar-refractivity contribution in [1.82, 2.24) is 0 Å². The highest BCUT2D eigenvalue weighted by Gasteiger charge is 2.29. The molecule has 0 amide bonds. The van der Waals surface area contributed by atoms with Crippen molar-refractivity contribution in [2.24, 2.45) is 0 Å². The van der Waals surface area contributed by atoms with E-state index in [0.717, 1.165) is 12.1 Å². The lowest BCUT2D eigenvalue weighted by molar-refractivity contribution is 0.0467. The number of esters is 1. The van der Waals surface area contributed by atoms with Crippen molar-refractivity contribution < 1.29 is 39.9 Å². The minimum Gasteiger partial charge on any atom is -0.457 e. The molecule has 2 unspecified atom stereocenters. The van der Waals surface area contributed by atoms with Gasteiger partial charge in [-0.25, -0.2) is 26.2 Å². The van der Waals surface area contributed by atoms with E-state index in [1.165, 1.54) is 0 Å². The zero-order valence-corrected chi connectivity index (χ0v) is 19.5. The maximum absolute atomic E-state index is 15.1. The van der Waals surface area contributed by atoms with Crippen LogP contribution in [0.25, 0.3) is 0 Å². The van der Waals surface area contributed by atoms with Gasteiger partial charge in [0.25, 0.3) is 11.3 Å². The van der Waals surface area contributed by atoms with Crippen molar-refractivity contribution >= 4 is 44.4 Å². The van der Waals surface area contributed by atoms with Crippen molar-refractivity contribution in [3.63, 3.8) is 0 Å². The zero-order chi connectivity index (χ0) is 24.6. The zero-order valence-electron chi connectivity index (χ0n) is 17.1. The Kier molecular flexibility index (Phi) is 10.1. The number of anilines is 1. The molecule has 2 aromatic rings. The Morgan fingerprint density at radius 3 is 2.48 bits per heavy atom. The second-order valence-electron chi connectivity index (χ2n) is 6.76. The van der Waals surface area contributed by atoms with Gasteiger partial charge in [0.05, 0.1) is 23.1 Å². The first-order chi connectivity index (χ1) is 15.6. The van der Waals surface area contributed by atoms with E-state index >= 15 is 4.39 Å². The Morgan fingerprint density at radius 2 is 1.88 bits per heavy atom. The van der Waals surface area contributed by atoms with Crippen LogP contribution >= 0.6 is 11.6 Å². The predicted octanol–water partition coefficient (Wildman–Crippen LogP) is 4.24. The number of rotatable bonds is 12. The maximum atomic E-state index is 15.1. The van der Waals surface area contributed by atoms with Crippen LogP contribution in [-0.4, -0.2) is 47.6 Å². The van der Waals surface area contributed by atoms with Gasteiger partial charge < -0.3 is 4.74 Å². The number of nitrogens with zero attached hydrogens (tertiary/aromatic N) is 1. The van der Waals surface area contributed by atoms with Gasteiger partial charge in [-0.3, -0.25) is 13.2 Å². The van der Waals surface area contributed by atoms with E-state index in [4.69, 9.17) is 16.3 Å². The molecule has 182 valence electrons. The molecule has 0 radical (unpaired) electrons. The molecule has 2 atom stereocenters. The number of benzene rings is 2. The van der Waals surface area contributed by atoms with Crippen LogP contribution in [0.15, 0.2) is 42.5 Å². The number of carbonyl (C=O) groups excluding carboxylic acids is 1. The van der Waals surface area contributed by atoms with Crippen molar-refractivity contribution in [1.29, 1.82) is 0 Å². The number of ether oxygens (including phenoxy) is 1. The molecule has 0 bridgehead atoms. The first-order valence-electron chi connectivity index (χ1n) is 9.57. The fraction of sp³-hybridized carbons (Fsp3) is 0.350. The summed E-state index contributed by atoms with van der Waals surface area (Å²) in [6.45, 7) is -1.83. The molecule has 0 aromatic heterocycles. The van der Waals surface area contributed by atoms with E-state index in [9.17, 15) is 30.8 Å². The predicted molar refractivity (Wildman–Crippen MR) is 119 cm³/mol. The van der Waals surface area contributed by atoms with Crippen molar-refractivity contribution in [3.8, 4) is 0 Å². The number of halogens is 4. The van der Waals surface area contributed by atoms with Gasteiger partial charge in [-0.2, -0.15) is 0 Å². The molecule has 13 heteroatoms. The summed E-state index contributed by atoms with van der Waals surface area (Å²) in [6.07, 6.45) is -1.19. The third kappa shape index (κ3) is 7.42.